The fourth-order valence-corrected chi connectivity index (χ4v) is 6.75. The van der Waals surface area contributed by atoms with E-state index in [4.69, 9.17) is 0 Å². The Labute approximate surface area is 294 Å². The summed E-state index contributed by atoms with van der Waals surface area (Å²) >= 11 is 0. The Kier molecular flexibility index (Phi) is 36.8. The van der Waals surface area contributed by atoms with Crippen molar-refractivity contribution in [3.05, 3.63) is 0 Å². The van der Waals surface area contributed by atoms with E-state index in [0.29, 0.717) is 19.3 Å². The molecule has 0 rings (SSSR count). The topological polar surface area (TPSA) is 78.4 Å². The second kappa shape index (κ2) is 37.7. The van der Waals surface area contributed by atoms with Crippen LogP contribution in [0.3, 0.4) is 0 Å². The Morgan fingerprint density at radius 2 is 0.660 bits per heavy atom. The maximum Gasteiger partial charge on any atom is 0.220 e. The standard InChI is InChI=1S/C42H84N2O3/c1-4-7-10-13-16-18-20-22-25-28-31-34-41(46)43-39(33-30-27-24-15-12-9-6-3)36-37-40(38-45)44-42(47)35-32-29-26-23-21-19-17-14-11-8-5-2/h39-40,45H,4-38H2,1-3H3,(H,43,46)(H,44,47). The third-order valence-electron chi connectivity index (χ3n) is 9.99. The Bertz CT molecular complexity index is 656. The molecule has 0 saturated heterocycles. The van der Waals surface area contributed by atoms with Crippen molar-refractivity contribution in [1.29, 1.82) is 0 Å². The molecule has 3 N–H and O–H groups in total. The van der Waals surface area contributed by atoms with Gasteiger partial charge in [0.1, 0.15) is 0 Å². The van der Waals surface area contributed by atoms with Crippen molar-refractivity contribution in [3.8, 4) is 0 Å². The van der Waals surface area contributed by atoms with Crippen LogP contribution in [0.4, 0.5) is 0 Å². The highest BCUT2D eigenvalue weighted by Crippen LogP contribution is 2.16. The maximum atomic E-state index is 12.9. The number of nitrogens with one attached hydrogen (secondary N) is 2. The van der Waals surface area contributed by atoms with Gasteiger partial charge in [-0.25, -0.2) is 0 Å². The molecule has 2 atom stereocenters. The van der Waals surface area contributed by atoms with E-state index in [1.807, 2.05) is 0 Å². The third kappa shape index (κ3) is 34.6. The van der Waals surface area contributed by atoms with Crippen molar-refractivity contribution in [3.63, 3.8) is 0 Å². The Balaban J connectivity index is 4.32. The van der Waals surface area contributed by atoms with Crippen molar-refractivity contribution in [2.75, 3.05) is 6.61 Å². The summed E-state index contributed by atoms with van der Waals surface area (Å²) in [6, 6.07) is -0.0984. The summed E-state index contributed by atoms with van der Waals surface area (Å²) in [6.07, 6.45) is 40.7. The summed E-state index contributed by atoms with van der Waals surface area (Å²) < 4.78 is 0. The van der Waals surface area contributed by atoms with E-state index in [2.05, 4.69) is 31.4 Å². The third-order valence-corrected chi connectivity index (χ3v) is 9.99. The van der Waals surface area contributed by atoms with Gasteiger partial charge in [0.15, 0.2) is 0 Å². The molecule has 0 aromatic heterocycles. The summed E-state index contributed by atoms with van der Waals surface area (Å²) in [5.74, 6) is 0.235. The molecule has 0 heterocycles. The van der Waals surface area contributed by atoms with Crippen molar-refractivity contribution >= 4 is 11.8 Å². The van der Waals surface area contributed by atoms with Crippen LogP contribution in [-0.4, -0.2) is 35.6 Å². The number of hydrogen-bond donors (Lipinski definition) is 3. The zero-order valence-corrected chi connectivity index (χ0v) is 32.2. The first kappa shape index (κ1) is 45.9. The van der Waals surface area contributed by atoms with Crippen LogP contribution in [0.5, 0.6) is 0 Å². The van der Waals surface area contributed by atoms with Gasteiger partial charge in [-0.05, 0) is 32.1 Å². The maximum absolute atomic E-state index is 12.9. The van der Waals surface area contributed by atoms with E-state index in [9.17, 15) is 14.7 Å². The molecule has 0 saturated carbocycles. The van der Waals surface area contributed by atoms with Gasteiger partial charge in [-0.2, -0.15) is 0 Å². The highest BCUT2D eigenvalue weighted by atomic mass is 16.3. The van der Waals surface area contributed by atoms with Crippen LogP contribution in [-0.2, 0) is 9.59 Å². The van der Waals surface area contributed by atoms with Crippen LogP contribution in [0.2, 0.25) is 0 Å². The molecule has 0 bridgehead atoms. The summed E-state index contributed by atoms with van der Waals surface area (Å²) in [5, 5.41) is 16.4. The molecule has 5 nitrogen and oxygen atoms in total. The first-order valence-corrected chi connectivity index (χ1v) is 21.3. The molecule has 47 heavy (non-hydrogen) atoms. The van der Waals surface area contributed by atoms with E-state index in [1.165, 1.54) is 154 Å². The summed E-state index contributed by atoms with van der Waals surface area (Å²) in [6.45, 7) is 6.75. The predicted molar refractivity (Wildman–Crippen MR) is 205 cm³/mol. The minimum Gasteiger partial charge on any atom is -0.394 e. The molecule has 0 aromatic carbocycles. The molecule has 0 aliphatic heterocycles. The van der Waals surface area contributed by atoms with Crippen LogP contribution in [0.25, 0.3) is 0 Å². The molecule has 0 aliphatic carbocycles. The fraction of sp³-hybridized carbons (Fsp3) is 0.952. The largest absolute Gasteiger partial charge is 0.394 e. The molecule has 2 amide bonds. The van der Waals surface area contributed by atoms with E-state index in [-0.39, 0.29) is 30.5 Å². The van der Waals surface area contributed by atoms with Gasteiger partial charge in [0.25, 0.3) is 0 Å². The lowest BCUT2D eigenvalue weighted by Crippen LogP contribution is -2.40. The van der Waals surface area contributed by atoms with Crippen molar-refractivity contribution in [2.24, 2.45) is 0 Å². The minimum atomic E-state index is -0.227. The zero-order chi connectivity index (χ0) is 34.5. The zero-order valence-electron chi connectivity index (χ0n) is 32.2. The number of amides is 2. The summed E-state index contributed by atoms with van der Waals surface area (Å²) in [4.78, 5) is 25.5. The summed E-state index contributed by atoms with van der Waals surface area (Å²) in [5.41, 5.74) is 0. The van der Waals surface area contributed by atoms with Gasteiger partial charge in [-0.1, -0.05) is 194 Å². The van der Waals surface area contributed by atoms with Gasteiger partial charge in [-0.15, -0.1) is 0 Å². The molecule has 0 radical (unpaired) electrons. The number of carbonyl (C=O) groups excluding carboxylic acids is 2. The van der Waals surface area contributed by atoms with Crippen molar-refractivity contribution in [2.45, 2.75) is 251 Å². The van der Waals surface area contributed by atoms with Crippen LogP contribution in [0.1, 0.15) is 239 Å². The van der Waals surface area contributed by atoms with Crippen LogP contribution in [0, 0.1) is 0 Å². The van der Waals surface area contributed by atoms with E-state index in [0.717, 1.165) is 44.9 Å². The van der Waals surface area contributed by atoms with Crippen molar-refractivity contribution < 1.29 is 14.7 Å². The predicted octanol–water partition coefficient (Wildman–Crippen LogP) is 12.3. The Morgan fingerprint density at radius 1 is 0.383 bits per heavy atom. The van der Waals surface area contributed by atoms with Gasteiger partial charge in [-0.3, -0.25) is 9.59 Å². The normalized spacial score (nSPS) is 12.7. The van der Waals surface area contributed by atoms with Gasteiger partial charge in [0.2, 0.25) is 11.8 Å². The highest BCUT2D eigenvalue weighted by Gasteiger charge is 2.17. The number of carbonyl (C=O) groups is 2. The lowest BCUT2D eigenvalue weighted by molar-refractivity contribution is -0.123. The summed E-state index contributed by atoms with van der Waals surface area (Å²) in [7, 11) is 0. The smallest absolute Gasteiger partial charge is 0.220 e. The molecular weight excluding hydrogens is 580 g/mol. The molecule has 5 heteroatoms. The second-order valence-electron chi connectivity index (χ2n) is 14.8. The Morgan fingerprint density at radius 3 is 1.00 bits per heavy atom. The first-order valence-electron chi connectivity index (χ1n) is 21.3. The number of rotatable bonds is 38. The fourth-order valence-electron chi connectivity index (χ4n) is 6.75. The SMILES string of the molecule is CCCCCCCCCCCCCC(=O)NC(CO)CCC(CCCCCCCCC)NC(=O)CCCCCCCCCCCCC. The average Bonchev–Trinajstić information content (AvgIpc) is 3.07. The van der Waals surface area contributed by atoms with Crippen LogP contribution >= 0.6 is 0 Å². The average molecular weight is 665 g/mol. The van der Waals surface area contributed by atoms with Crippen LogP contribution in [0.15, 0.2) is 0 Å². The monoisotopic (exact) mass is 665 g/mol. The van der Waals surface area contributed by atoms with E-state index >= 15 is 0 Å². The Hall–Kier alpha value is -1.10. The van der Waals surface area contributed by atoms with Gasteiger partial charge in [0, 0.05) is 18.9 Å². The minimum absolute atomic E-state index is 0.0408. The lowest BCUT2D eigenvalue weighted by atomic mass is 9.99. The number of hydrogen-bond acceptors (Lipinski definition) is 3. The highest BCUT2D eigenvalue weighted by molar-refractivity contribution is 5.76. The molecule has 0 aliphatic rings. The van der Waals surface area contributed by atoms with Gasteiger partial charge >= 0.3 is 0 Å². The van der Waals surface area contributed by atoms with E-state index < -0.39 is 0 Å². The molecule has 2 unspecified atom stereocenters. The number of aliphatic hydroxyl groups is 1. The molecule has 0 spiro atoms. The molecule has 0 fully saturated rings. The second-order valence-corrected chi connectivity index (χ2v) is 14.8. The van der Waals surface area contributed by atoms with Crippen molar-refractivity contribution in [1.82, 2.24) is 10.6 Å². The quantitative estimate of drug-likeness (QED) is 0.0575. The lowest BCUT2D eigenvalue weighted by Gasteiger charge is -2.22. The molecular formula is C42H84N2O3. The van der Waals surface area contributed by atoms with Gasteiger partial charge < -0.3 is 15.7 Å². The van der Waals surface area contributed by atoms with E-state index in [1.54, 1.807) is 0 Å². The first-order chi connectivity index (χ1) is 23.1. The molecule has 0 aromatic rings. The number of unbranched alkanes of at least 4 members (excludes halogenated alkanes) is 26. The number of aliphatic hydroxyl groups excluding tert-OH is 1. The van der Waals surface area contributed by atoms with Gasteiger partial charge in [0.05, 0.1) is 12.6 Å². The molecule has 280 valence electrons. The van der Waals surface area contributed by atoms with Crippen LogP contribution < -0.4 is 10.6 Å².